The van der Waals surface area contributed by atoms with Crippen LogP contribution in [-0.2, 0) is 4.79 Å². The van der Waals surface area contributed by atoms with Gasteiger partial charge in [-0.25, -0.2) is 4.39 Å². The Bertz CT molecular complexity index is 247. The van der Waals surface area contributed by atoms with Crippen molar-refractivity contribution < 1.29 is 9.18 Å². The molecule has 102 valence electrons. The third kappa shape index (κ3) is 3.53. The second-order valence-corrected chi connectivity index (χ2v) is 6.14. The molecule has 0 saturated carbocycles. The molecule has 0 N–H and O–H groups in total. The maximum absolute atomic E-state index is 14.8. The maximum atomic E-state index is 14.8. The predicted octanol–water partition coefficient (Wildman–Crippen LogP) is 4.65. The number of ketones is 1. The fourth-order valence-electron chi connectivity index (χ4n) is 2.80. The highest BCUT2D eigenvalue weighted by Crippen LogP contribution is 2.44. The van der Waals surface area contributed by atoms with Gasteiger partial charge in [-0.05, 0) is 31.1 Å². The van der Waals surface area contributed by atoms with E-state index in [0.29, 0.717) is 12.3 Å². The van der Waals surface area contributed by atoms with Gasteiger partial charge in [-0.2, -0.15) is 0 Å². The minimum absolute atomic E-state index is 0.00833. The Morgan fingerprint density at radius 3 is 1.88 bits per heavy atom. The monoisotopic (exact) mass is 244 g/mol. The van der Waals surface area contributed by atoms with Crippen molar-refractivity contribution in [3.8, 4) is 0 Å². The van der Waals surface area contributed by atoms with E-state index < -0.39 is 11.6 Å². The minimum atomic E-state index is -1.03. The topological polar surface area (TPSA) is 17.1 Å². The first kappa shape index (κ1) is 16.6. The second kappa shape index (κ2) is 6.51. The number of carbonyl (C=O) groups excluding carboxylic acids is 1. The van der Waals surface area contributed by atoms with E-state index in [1.54, 1.807) is 6.92 Å². The van der Waals surface area contributed by atoms with E-state index in [9.17, 15) is 9.18 Å². The molecule has 0 rings (SSSR count). The van der Waals surface area contributed by atoms with Crippen molar-refractivity contribution in [3.05, 3.63) is 0 Å². The number of hydrogen-bond donors (Lipinski definition) is 0. The molecule has 0 aromatic carbocycles. The van der Waals surface area contributed by atoms with E-state index in [1.807, 2.05) is 27.7 Å². The summed E-state index contributed by atoms with van der Waals surface area (Å²) in [5.41, 5.74) is -0.802. The van der Waals surface area contributed by atoms with Crippen molar-refractivity contribution in [2.75, 3.05) is 0 Å². The van der Waals surface area contributed by atoms with Gasteiger partial charge in [0.05, 0.1) is 5.41 Å². The average molecular weight is 244 g/mol. The van der Waals surface area contributed by atoms with Gasteiger partial charge in [-0.1, -0.05) is 48.0 Å². The smallest absolute Gasteiger partial charge is 0.139 e. The SMILES string of the molecule is CCC(C)C(F)C(CC(C)C)(C(C)=O)C(C)C. The van der Waals surface area contributed by atoms with Crippen LogP contribution in [0.5, 0.6) is 0 Å². The van der Waals surface area contributed by atoms with Crippen LogP contribution in [0.3, 0.4) is 0 Å². The Morgan fingerprint density at radius 2 is 1.65 bits per heavy atom. The molecule has 0 spiro atoms. The highest BCUT2D eigenvalue weighted by atomic mass is 19.1. The molecule has 3 unspecified atom stereocenters. The average Bonchev–Trinajstić information content (AvgIpc) is 2.22. The highest BCUT2D eigenvalue weighted by molar-refractivity contribution is 5.83. The molecule has 0 aromatic rings. The van der Waals surface area contributed by atoms with Crippen LogP contribution in [0.4, 0.5) is 4.39 Å². The molecule has 2 heteroatoms. The van der Waals surface area contributed by atoms with Crippen molar-refractivity contribution in [2.45, 2.75) is 67.5 Å². The number of rotatable bonds is 7. The van der Waals surface area contributed by atoms with E-state index in [2.05, 4.69) is 13.8 Å². The molecule has 0 aromatic heterocycles. The van der Waals surface area contributed by atoms with Crippen LogP contribution in [0.1, 0.15) is 61.3 Å². The van der Waals surface area contributed by atoms with E-state index in [0.717, 1.165) is 6.42 Å². The van der Waals surface area contributed by atoms with E-state index >= 15 is 0 Å². The lowest BCUT2D eigenvalue weighted by molar-refractivity contribution is -0.138. The number of halogens is 1. The summed E-state index contributed by atoms with van der Waals surface area (Å²) >= 11 is 0. The Hall–Kier alpha value is -0.400. The summed E-state index contributed by atoms with van der Waals surface area (Å²) in [6.45, 7) is 13.5. The van der Waals surface area contributed by atoms with Gasteiger partial charge in [-0.15, -0.1) is 0 Å². The number of carbonyl (C=O) groups is 1. The van der Waals surface area contributed by atoms with Crippen LogP contribution >= 0.6 is 0 Å². The van der Waals surface area contributed by atoms with E-state index in [1.165, 1.54) is 0 Å². The van der Waals surface area contributed by atoms with Crippen LogP contribution in [-0.4, -0.2) is 12.0 Å². The van der Waals surface area contributed by atoms with Crippen molar-refractivity contribution in [3.63, 3.8) is 0 Å². The summed E-state index contributed by atoms with van der Waals surface area (Å²) in [6.07, 6.45) is 0.388. The minimum Gasteiger partial charge on any atom is -0.299 e. The Balaban J connectivity index is 5.38. The zero-order chi connectivity index (χ0) is 13.8. The number of hydrogen-bond acceptors (Lipinski definition) is 1. The number of Topliss-reactive ketones (excluding diaryl/α,β-unsaturated/α-hetero) is 1. The molecule has 17 heavy (non-hydrogen) atoms. The molecular formula is C15H29FO. The molecule has 1 nitrogen and oxygen atoms in total. The van der Waals surface area contributed by atoms with Gasteiger partial charge in [-0.3, -0.25) is 4.79 Å². The Labute approximate surface area is 106 Å². The molecule has 0 aliphatic carbocycles. The fraction of sp³-hybridized carbons (Fsp3) is 0.933. The molecule has 0 heterocycles. The fourth-order valence-corrected chi connectivity index (χ4v) is 2.80. The summed E-state index contributed by atoms with van der Waals surface area (Å²) in [7, 11) is 0. The van der Waals surface area contributed by atoms with Gasteiger partial charge in [0.2, 0.25) is 0 Å². The van der Waals surface area contributed by atoms with Gasteiger partial charge in [0.15, 0.2) is 0 Å². The molecule has 3 atom stereocenters. The second-order valence-electron chi connectivity index (χ2n) is 6.14. The molecule has 0 amide bonds. The van der Waals surface area contributed by atoms with Crippen LogP contribution in [0, 0.1) is 23.2 Å². The summed E-state index contributed by atoms with van der Waals surface area (Å²) < 4.78 is 14.8. The van der Waals surface area contributed by atoms with Crippen LogP contribution in [0.15, 0.2) is 0 Å². The first-order valence-corrected chi connectivity index (χ1v) is 6.85. The molecule has 0 bridgehead atoms. The zero-order valence-electron chi connectivity index (χ0n) is 12.5. The Kier molecular flexibility index (Phi) is 6.36. The largest absolute Gasteiger partial charge is 0.299 e. The van der Waals surface area contributed by atoms with Crippen molar-refractivity contribution in [1.29, 1.82) is 0 Å². The Morgan fingerprint density at radius 1 is 1.18 bits per heavy atom. The first-order chi connectivity index (χ1) is 7.70. The molecule has 0 fully saturated rings. The lowest BCUT2D eigenvalue weighted by atomic mass is 9.63. The van der Waals surface area contributed by atoms with Gasteiger partial charge in [0, 0.05) is 0 Å². The van der Waals surface area contributed by atoms with Gasteiger partial charge < -0.3 is 0 Å². The summed E-state index contributed by atoms with van der Waals surface area (Å²) in [5.74, 6) is 0.337. The summed E-state index contributed by atoms with van der Waals surface area (Å²) in [6, 6.07) is 0. The third-order valence-corrected chi connectivity index (χ3v) is 4.07. The molecular weight excluding hydrogens is 215 g/mol. The van der Waals surface area contributed by atoms with E-state index in [-0.39, 0.29) is 17.6 Å². The van der Waals surface area contributed by atoms with E-state index in [4.69, 9.17) is 0 Å². The van der Waals surface area contributed by atoms with Crippen molar-refractivity contribution >= 4 is 5.78 Å². The predicted molar refractivity (Wildman–Crippen MR) is 71.8 cm³/mol. The molecule has 0 aliphatic heterocycles. The summed E-state index contributed by atoms with van der Waals surface area (Å²) in [4.78, 5) is 12.1. The van der Waals surface area contributed by atoms with Crippen molar-refractivity contribution in [1.82, 2.24) is 0 Å². The third-order valence-electron chi connectivity index (χ3n) is 4.07. The molecule has 0 aliphatic rings. The van der Waals surface area contributed by atoms with Gasteiger partial charge in [0.25, 0.3) is 0 Å². The first-order valence-electron chi connectivity index (χ1n) is 6.85. The van der Waals surface area contributed by atoms with Gasteiger partial charge >= 0.3 is 0 Å². The maximum Gasteiger partial charge on any atom is 0.139 e. The zero-order valence-corrected chi connectivity index (χ0v) is 12.5. The van der Waals surface area contributed by atoms with Crippen LogP contribution in [0.25, 0.3) is 0 Å². The van der Waals surface area contributed by atoms with Crippen LogP contribution in [0.2, 0.25) is 0 Å². The number of alkyl halides is 1. The standard InChI is InChI=1S/C15H29FO/c1-8-12(6)14(16)15(11(4)5,13(7)17)9-10(2)3/h10-12,14H,8-9H2,1-7H3. The normalized spacial score (nSPS) is 19.2. The summed E-state index contributed by atoms with van der Waals surface area (Å²) in [5, 5.41) is 0. The highest BCUT2D eigenvalue weighted by Gasteiger charge is 2.48. The molecule has 0 saturated heterocycles. The lowest BCUT2D eigenvalue weighted by Gasteiger charge is -2.41. The van der Waals surface area contributed by atoms with Crippen molar-refractivity contribution in [2.24, 2.45) is 23.2 Å². The molecule has 0 radical (unpaired) electrons. The van der Waals surface area contributed by atoms with Crippen LogP contribution < -0.4 is 0 Å². The lowest BCUT2D eigenvalue weighted by Crippen LogP contribution is -2.47. The quantitative estimate of drug-likeness (QED) is 0.637. The van der Waals surface area contributed by atoms with Gasteiger partial charge in [0.1, 0.15) is 12.0 Å².